The smallest absolute Gasteiger partial charge is 0.245 e. The van der Waals surface area contributed by atoms with Gasteiger partial charge in [0.2, 0.25) is 18.0 Å². The SMILES string of the molecule is N#Cc1ccc(C(=O)C[n+]2cn(CCC(=O)Nc3cccc4cccnc34)c3ccccc32)cc1.[Br-]. The zero-order chi connectivity index (χ0) is 24.2. The first kappa shape index (κ1) is 24.8. The zero-order valence-electron chi connectivity index (χ0n) is 19.3. The number of pyridine rings is 1. The van der Waals surface area contributed by atoms with Gasteiger partial charge in [-0.25, -0.2) is 9.13 Å². The van der Waals surface area contributed by atoms with Gasteiger partial charge in [-0.1, -0.05) is 30.3 Å². The Labute approximate surface area is 218 Å². The van der Waals surface area contributed by atoms with Gasteiger partial charge >= 0.3 is 0 Å². The van der Waals surface area contributed by atoms with Gasteiger partial charge in [-0.05, 0) is 48.5 Å². The van der Waals surface area contributed by atoms with Crippen LogP contribution < -0.4 is 26.9 Å². The monoisotopic (exact) mass is 539 g/mol. The molecule has 2 aromatic heterocycles. The predicted molar refractivity (Wildman–Crippen MR) is 133 cm³/mol. The van der Waals surface area contributed by atoms with Crippen molar-refractivity contribution in [3.63, 3.8) is 0 Å². The van der Waals surface area contributed by atoms with Crippen LogP contribution >= 0.6 is 0 Å². The summed E-state index contributed by atoms with van der Waals surface area (Å²) in [6.07, 6.45) is 3.85. The number of ketones is 1. The highest BCUT2D eigenvalue weighted by atomic mass is 79.9. The number of nitriles is 1. The molecular formula is C28H22BrN5O2. The number of nitrogens with zero attached hydrogens (tertiary/aromatic N) is 4. The maximum atomic E-state index is 12.9. The number of hydrogen-bond donors (Lipinski definition) is 1. The summed E-state index contributed by atoms with van der Waals surface area (Å²) in [6, 6.07) is 26.0. The first-order valence-corrected chi connectivity index (χ1v) is 11.3. The highest BCUT2D eigenvalue weighted by molar-refractivity contribution is 6.00. The second-order valence-corrected chi connectivity index (χ2v) is 8.22. The van der Waals surface area contributed by atoms with Crippen LogP contribution in [0.3, 0.4) is 0 Å². The summed E-state index contributed by atoms with van der Waals surface area (Å²) in [4.78, 5) is 30.0. The number of amides is 1. The van der Waals surface area contributed by atoms with E-state index in [0.717, 1.165) is 21.9 Å². The number of hydrogen-bond acceptors (Lipinski definition) is 4. The first-order chi connectivity index (χ1) is 17.1. The van der Waals surface area contributed by atoms with E-state index in [9.17, 15) is 9.59 Å². The van der Waals surface area contributed by atoms with Crippen LogP contribution in [-0.2, 0) is 17.9 Å². The largest absolute Gasteiger partial charge is 1.00 e. The van der Waals surface area contributed by atoms with Crippen LogP contribution in [0.2, 0.25) is 0 Å². The number of aromatic nitrogens is 3. The van der Waals surface area contributed by atoms with Crippen LogP contribution in [0.25, 0.3) is 21.9 Å². The minimum atomic E-state index is -0.110. The third-order valence-corrected chi connectivity index (χ3v) is 5.92. The van der Waals surface area contributed by atoms with Crippen LogP contribution in [0, 0.1) is 11.3 Å². The molecule has 1 N–H and O–H groups in total. The van der Waals surface area contributed by atoms with E-state index in [1.165, 1.54) is 0 Å². The number of nitrogens with one attached hydrogen (secondary N) is 1. The molecule has 1 amide bonds. The van der Waals surface area contributed by atoms with Crippen molar-refractivity contribution in [1.82, 2.24) is 9.55 Å². The summed E-state index contributed by atoms with van der Waals surface area (Å²) in [5.74, 6) is -0.162. The molecule has 0 saturated carbocycles. The minimum Gasteiger partial charge on any atom is -1.00 e. The Morgan fingerprint density at radius 1 is 0.972 bits per heavy atom. The molecule has 7 nitrogen and oxygen atoms in total. The molecule has 0 bridgehead atoms. The van der Waals surface area contributed by atoms with Gasteiger partial charge in [0.05, 0.1) is 35.8 Å². The number of benzene rings is 3. The summed E-state index contributed by atoms with van der Waals surface area (Å²) in [7, 11) is 0. The van der Waals surface area contributed by atoms with E-state index in [-0.39, 0.29) is 41.6 Å². The fourth-order valence-electron chi connectivity index (χ4n) is 4.16. The molecule has 8 heteroatoms. The molecule has 2 heterocycles. The second-order valence-electron chi connectivity index (χ2n) is 8.22. The lowest BCUT2D eigenvalue weighted by Crippen LogP contribution is -3.00. The zero-order valence-corrected chi connectivity index (χ0v) is 20.9. The number of halogens is 1. The lowest BCUT2D eigenvalue weighted by Gasteiger charge is -2.07. The molecule has 0 aliphatic rings. The van der Waals surface area contributed by atoms with E-state index in [1.807, 2.05) is 70.1 Å². The number of para-hydroxylation sites is 3. The summed E-state index contributed by atoms with van der Waals surface area (Å²) < 4.78 is 3.88. The van der Waals surface area contributed by atoms with Crippen LogP contribution in [0.5, 0.6) is 0 Å². The van der Waals surface area contributed by atoms with Crippen molar-refractivity contribution in [2.24, 2.45) is 0 Å². The topological polar surface area (TPSA) is 91.7 Å². The molecule has 0 radical (unpaired) electrons. The van der Waals surface area contributed by atoms with Crippen LogP contribution in [0.15, 0.2) is 91.4 Å². The van der Waals surface area contributed by atoms with Crippen molar-refractivity contribution in [3.8, 4) is 6.07 Å². The standard InChI is InChI=1S/C28H21N5O2.BrH/c29-17-20-10-12-21(13-11-20)26(34)18-33-19-32(24-8-1-2-9-25(24)33)16-14-27(35)31-23-7-3-5-22-6-4-15-30-28(22)23;/h1-13,15,19H,14,16,18H2;1H. The maximum Gasteiger partial charge on any atom is 0.245 e. The number of Topliss-reactive ketones (excluding diaryl/α,β-unsaturated/α-hetero) is 1. The number of fused-ring (bicyclic) bond motifs is 2. The number of rotatable bonds is 7. The molecule has 0 unspecified atom stereocenters. The fourth-order valence-corrected chi connectivity index (χ4v) is 4.16. The summed E-state index contributed by atoms with van der Waals surface area (Å²) in [6.45, 7) is 0.621. The van der Waals surface area contributed by atoms with E-state index < -0.39 is 0 Å². The van der Waals surface area contributed by atoms with Gasteiger partial charge in [0, 0.05) is 17.1 Å². The molecular weight excluding hydrogens is 518 g/mol. The van der Waals surface area contributed by atoms with Gasteiger partial charge in [0.15, 0.2) is 17.6 Å². The molecule has 0 aliphatic heterocycles. The van der Waals surface area contributed by atoms with Crippen LogP contribution in [-0.4, -0.2) is 21.2 Å². The van der Waals surface area contributed by atoms with Gasteiger partial charge in [-0.2, -0.15) is 5.26 Å². The normalized spacial score (nSPS) is 10.5. The lowest BCUT2D eigenvalue weighted by molar-refractivity contribution is -0.657. The Morgan fingerprint density at radius 3 is 2.56 bits per heavy atom. The molecule has 0 atom stereocenters. The number of carbonyl (C=O) groups is 2. The summed E-state index contributed by atoms with van der Waals surface area (Å²) >= 11 is 0. The number of carbonyl (C=O) groups excluding carboxylic acids is 2. The number of anilines is 1. The van der Waals surface area contributed by atoms with Gasteiger partial charge in [0.1, 0.15) is 0 Å². The Bertz CT molecular complexity index is 1600. The van der Waals surface area contributed by atoms with Crippen LogP contribution in [0.4, 0.5) is 5.69 Å². The highest BCUT2D eigenvalue weighted by Crippen LogP contribution is 2.21. The van der Waals surface area contributed by atoms with Crippen molar-refractivity contribution in [3.05, 3.63) is 103 Å². The number of aryl methyl sites for hydroxylation is 1. The van der Waals surface area contributed by atoms with E-state index in [1.54, 1.807) is 30.5 Å². The molecule has 5 aromatic rings. The van der Waals surface area contributed by atoms with Gasteiger partial charge in [-0.3, -0.25) is 14.6 Å². The third-order valence-electron chi connectivity index (χ3n) is 5.92. The average molecular weight is 540 g/mol. The van der Waals surface area contributed by atoms with Crippen molar-refractivity contribution in [1.29, 1.82) is 5.26 Å². The van der Waals surface area contributed by atoms with Gasteiger partial charge in [-0.15, -0.1) is 0 Å². The summed E-state index contributed by atoms with van der Waals surface area (Å²) in [5, 5.41) is 12.9. The number of imidazole rings is 1. The lowest BCUT2D eigenvalue weighted by atomic mass is 10.1. The molecule has 5 rings (SSSR count). The highest BCUT2D eigenvalue weighted by Gasteiger charge is 2.19. The molecule has 0 saturated heterocycles. The Balaban J connectivity index is 0.00000304. The Kier molecular flexibility index (Phi) is 7.52. The third kappa shape index (κ3) is 5.16. The molecule has 0 spiro atoms. The van der Waals surface area contributed by atoms with Crippen molar-refractivity contribution in [2.75, 3.05) is 5.32 Å². The van der Waals surface area contributed by atoms with Crippen molar-refractivity contribution in [2.45, 2.75) is 19.5 Å². The Hall–Kier alpha value is -4.35. The molecule has 36 heavy (non-hydrogen) atoms. The fraction of sp³-hybridized carbons (Fsp3) is 0.107. The average Bonchev–Trinajstić information content (AvgIpc) is 3.25. The van der Waals surface area contributed by atoms with Gasteiger partial charge in [0.25, 0.3) is 0 Å². The Morgan fingerprint density at radius 2 is 1.75 bits per heavy atom. The predicted octanol–water partition coefficient (Wildman–Crippen LogP) is 1.26. The van der Waals surface area contributed by atoms with Crippen molar-refractivity contribution >= 4 is 39.3 Å². The quantitative estimate of drug-likeness (QED) is 0.249. The second kappa shape index (κ2) is 10.9. The van der Waals surface area contributed by atoms with E-state index in [4.69, 9.17) is 5.26 Å². The van der Waals surface area contributed by atoms with Gasteiger partial charge < -0.3 is 22.3 Å². The van der Waals surface area contributed by atoms with Crippen LogP contribution in [0.1, 0.15) is 22.3 Å². The summed E-state index contributed by atoms with van der Waals surface area (Å²) in [5.41, 5.74) is 4.37. The molecule has 3 aromatic carbocycles. The van der Waals surface area contributed by atoms with E-state index in [2.05, 4.69) is 16.4 Å². The minimum absolute atomic E-state index is 0. The van der Waals surface area contributed by atoms with Crippen molar-refractivity contribution < 1.29 is 31.1 Å². The first-order valence-electron chi connectivity index (χ1n) is 11.3. The molecule has 0 fully saturated rings. The van der Waals surface area contributed by atoms with E-state index in [0.29, 0.717) is 23.4 Å². The maximum absolute atomic E-state index is 12.9. The molecule has 0 aliphatic carbocycles. The molecule has 178 valence electrons. The van der Waals surface area contributed by atoms with E-state index >= 15 is 0 Å².